The van der Waals surface area contributed by atoms with Gasteiger partial charge in [-0.3, -0.25) is 13.9 Å². The molecule has 1 atom stereocenters. The van der Waals surface area contributed by atoms with Crippen LogP contribution in [0.1, 0.15) is 93.4 Å². The first-order chi connectivity index (χ1) is 15.1. The molecule has 0 aromatic carbocycles. The lowest BCUT2D eigenvalue weighted by Crippen LogP contribution is -2.37. The van der Waals surface area contributed by atoms with E-state index in [9.17, 15) is 22.3 Å². The van der Waals surface area contributed by atoms with Crippen LogP contribution in [0.4, 0.5) is 0 Å². The quantitative estimate of drug-likeness (QED) is 0.0640. The van der Waals surface area contributed by atoms with Gasteiger partial charge in [-0.15, -0.1) is 0 Å². The predicted octanol–water partition coefficient (Wildman–Crippen LogP) is 6.97. The summed E-state index contributed by atoms with van der Waals surface area (Å²) in [7, 11) is -5.74. The fourth-order valence-electron chi connectivity index (χ4n) is 2.80. The maximum atomic E-state index is 11.9. The highest BCUT2D eigenvalue weighted by molar-refractivity contribution is 7.91. The highest BCUT2D eigenvalue weighted by Crippen LogP contribution is 2.36. The van der Waals surface area contributed by atoms with Crippen LogP contribution in [0.3, 0.4) is 0 Å². The molecule has 0 spiro atoms. The first kappa shape index (κ1) is 31.7. The summed E-state index contributed by atoms with van der Waals surface area (Å²) in [5.74, 6) is -0.603. The van der Waals surface area contributed by atoms with E-state index in [1.165, 1.54) is 16.7 Å². The Kier molecular flexibility index (Phi) is 14.2. The van der Waals surface area contributed by atoms with E-state index in [1.54, 1.807) is 20.8 Å². The third-order valence-electron chi connectivity index (χ3n) is 4.94. The SMILES string of the molecule is CC(C)=CCCC(C)=CCCC(C)=CCCCC(OCOC(=O)C(C)(C)C)(P=O)S(=O)(=O)O. The number of hydrogen-bond donors (Lipinski definition) is 1. The van der Waals surface area contributed by atoms with E-state index in [4.69, 9.17) is 9.47 Å². The van der Waals surface area contributed by atoms with Crippen LogP contribution in [0.25, 0.3) is 0 Å². The largest absolute Gasteiger partial charge is 0.438 e. The molecule has 0 aromatic rings. The van der Waals surface area contributed by atoms with Crippen molar-refractivity contribution in [3.8, 4) is 0 Å². The first-order valence-corrected chi connectivity index (χ1v) is 13.5. The molecule has 0 saturated heterocycles. The zero-order valence-electron chi connectivity index (χ0n) is 21.1. The third kappa shape index (κ3) is 13.2. The van der Waals surface area contributed by atoms with Crippen molar-refractivity contribution in [1.82, 2.24) is 0 Å². The van der Waals surface area contributed by atoms with Crippen molar-refractivity contribution < 1.29 is 31.8 Å². The Morgan fingerprint density at radius 2 is 1.45 bits per heavy atom. The van der Waals surface area contributed by atoms with Crippen molar-refractivity contribution >= 4 is 24.5 Å². The monoisotopic (exact) mass is 504 g/mol. The number of rotatable bonds is 15. The molecular formula is C24H41O7PS. The van der Waals surface area contributed by atoms with Crippen LogP contribution in [0.5, 0.6) is 0 Å². The minimum Gasteiger partial charge on any atom is -0.438 e. The van der Waals surface area contributed by atoms with Gasteiger partial charge in [0.05, 0.1) is 5.41 Å². The van der Waals surface area contributed by atoms with E-state index in [2.05, 4.69) is 32.9 Å². The van der Waals surface area contributed by atoms with Gasteiger partial charge in [0.15, 0.2) is 6.79 Å². The average molecular weight is 505 g/mol. The number of unbranched alkanes of at least 4 members (excludes halogenated alkanes) is 1. The Morgan fingerprint density at radius 3 is 1.91 bits per heavy atom. The molecule has 0 radical (unpaired) electrons. The van der Waals surface area contributed by atoms with Crippen molar-refractivity contribution in [2.45, 2.75) is 98.1 Å². The Hall–Kier alpha value is -1.34. The molecule has 9 heteroatoms. The number of carbonyl (C=O) groups is 1. The van der Waals surface area contributed by atoms with Gasteiger partial charge in [-0.1, -0.05) is 34.9 Å². The number of hydrogen-bond acceptors (Lipinski definition) is 6. The molecule has 0 aliphatic carbocycles. The van der Waals surface area contributed by atoms with Crippen LogP contribution < -0.4 is 0 Å². The van der Waals surface area contributed by atoms with Gasteiger partial charge in [-0.25, -0.2) is 0 Å². The molecule has 1 unspecified atom stereocenters. The molecule has 33 heavy (non-hydrogen) atoms. The van der Waals surface area contributed by atoms with Crippen molar-refractivity contribution in [3.05, 3.63) is 34.9 Å². The van der Waals surface area contributed by atoms with E-state index in [1.807, 2.05) is 13.0 Å². The van der Waals surface area contributed by atoms with Crippen LogP contribution >= 0.6 is 8.46 Å². The van der Waals surface area contributed by atoms with Crippen LogP contribution in [0, 0.1) is 5.41 Å². The molecule has 0 heterocycles. The smallest absolute Gasteiger partial charge is 0.313 e. The van der Waals surface area contributed by atoms with Crippen LogP contribution in [0.15, 0.2) is 34.9 Å². The van der Waals surface area contributed by atoms with E-state index in [-0.39, 0.29) is 6.42 Å². The van der Waals surface area contributed by atoms with Gasteiger partial charge >= 0.3 is 16.1 Å². The summed E-state index contributed by atoms with van der Waals surface area (Å²) in [4.78, 5) is 11.8. The van der Waals surface area contributed by atoms with Gasteiger partial charge in [0.25, 0.3) is 4.67 Å². The van der Waals surface area contributed by atoms with E-state index in [0.717, 1.165) is 25.7 Å². The Balaban J connectivity index is 4.74. The molecule has 0 bridgehead atoms. The molecule has 0 aliphatic heterocycles. The van der Waals surface area contributed by atoms with Crippen LogP contribution in [0.2, 0.25) is 0 Å². The van der Waals surface area contributed by atoms with E-state index < -0.39 is 41.4 Å². The maximum absolute atomic E-state index is 11.9. The second-order valence-corrected chi connectivity index (χ2v) is 12.4. The molecule has 0 fully saturated rings. The summed E-state index contributed by atoms with van der Waals surface area (Å²) >= 11 is 0. The average Bonchev–Trinajstić information content (AvgIpc) is 2.67. The Morgan fingerprint density at radius 1 is 0.939 bits per heavy atom. The summed E-state index contributed by atoms with van der Waals surface area (Å²) < 4.78 is 52.6. The van der Waals surface area contributed by atoms with E-state index >= 15 is 0 Å². The molecular weight excluding hydrogens is 463 g/mol. The predicted molar refractivity (Wildman–Crippen MR) is 133 cm³/mol. The molecule has 0 aromatic heterocycles. The molecule has 0 aliphatic rings. The van der Waals surface area contributed by atoms with Gasteiger partial charge in [0.1, 0.15) is 0 Å². The Bertz CT molecular complexity index is 831. The molecule has 7 nitrogen and oxygen atoms in total. The summed E-state index contributed by atoms with van der Waals surface area (Å²) in [5, 5.41) is 0. The molecule has 1 N–H and O–H groups in total. The minimum absolute atomic E-state index is 0.211. The molecule has 0 rings (SSSR count). The van der Waals surface area contributed by atoms with Crippen LogP contribution in [-0.2, 0) is 29.0 Å². The summed E-state index contributed by atoms with van der Waals surface area (Å²) in [6.45, 7) is 12.5. The van der Waals surface area contributed by atoms with Gasteiger partial charge < -0.3 is 9.47 Å². The van der Waals surface area contributed by atoms with Crippen molar-refractivity contribution in [2.75, 3.05) is 6.79 Å². The summed E-state index contributed by atoms with van der Waals surface area (Å²) in [6.07, 6.45) is 11.0. The maximum Gasteiger partial charge on any atom is 0.313 e. The van der Waals surface area contributed by atoms with Crippen LogP contribution in [-0.4, -0.2) is 30.4 Å². The second kappa shape index (κ2) is 14.8. The number of allylic oxidation sites excluding steroid dienone is 6. The van der Waals surface area contributed by atoms with E-state index in [0.29, 0.717) is 12.8 Å². The normalized spacial score (nSPS) is 15.3. The number of esters is 1. The Labute approximate surface area is 201 Å². The zero-order valence-corrected chi connectivity index (χ0v) is 22.9. The minimum atomic E-state index is -4.82. The lowest BCUT2D eigenvalue weighted by molar-refractivity contribution is -0.169. The van der Waals surface area contributed by atoms with Gasteiger partial charge in [-0.2, -0.15) is 8.42 Å². The highest BCUT2D eigenvalue weighted by Gasteiger charge is 2.46. The summed E-state index contributed by atoms with van der Waals surface area (Å²) in [6, 6.07) is 0. The number of carbonyl (C=O) groups excluding carboxylic acids is 1. The fraction of sp³-hybridized carbons (Fsp3) is 0.708. The topological polar surface area (TPSA) is 107 Å². The molecule has 0 saturated carbocycles. The molecule has 190 valence electrons. The lowest BCUT2D eigenvalue weighted by atomic mass is 9.98. The van der Waals surface area contributed by atoms with Crippen molar-refractivity contribution in [1.29, 1.82) is 0 Å². The van der Waals surface area contributed by atoms with Gasteiger partial charge in [0.2, 0.25) is 8.46 Å². The zero-order chi connectivity index (χ0) is 25.7. The second-order valence-electron chi connectivity index (χ2n) is 9.58. The van der Waals surface area contributed by atoms with Crippen molar-refractivity contribution in [2.24, 2.45) is 5.41 Å². The van der Waals surface area contributed by atoms with Gasteiger partial charge in [-0.05, 0) is 87.0 Å². The third-order valence-corrected chi connectivity index (χ3v) is 7.62. The standard InChI is InChI=1S/C24H41O7PS/c1-19(2)12-10-14-21(4)16-11-15-20(3)13-8-9-17-24(32-26,33(27,28)29)31-18-30-22(25)23(5,6)7/h12-13,16H,8-11,14-15,17-18H2,1-7H3,(H,27,28,29). The number of ether oxygens (including phenoxy) is 2. The molecule has 0 amide bonds. The fourth-order valence-corrected chi connectivity index (χ4v) is 4.13. The van der Waals surface area contributed by atoms with Gasteiger partial charge in [0, 0.05) is 6.42 Å². The lowest BCUT2D eigenvalue weighted by Gasteiger charge is -2.24. The summed E-state index contributed by atoms with van der Waals surface area (Å²) in [5.41, 5.74) is 3.05. The highest BCUT2D eigenvalue weighted by atomic mass is 32.2. The van der Waals surface area contributed by atoms with Crippen molar-refractivity contribution in [3.63, 3.8) is 0 Å². The first-order valence-electron chi connectivity index (χ1n) is 11.2.